The molecule has 3 nitrogen and oxygen atoms in total. The maximum Gasteiger partial charge on any atom is 0.230 e. The fourth-order valence-corrected chi connectivity index (χ4v) is 4.01. The number of imide groups is 1. The van der Waals surface area contributed by atoms with Gasteiger partial charge in [0.15, 0.2) is 0 Å². The van der Waals surface area contributed by atoms with Crippen LogP contribution in [0, 0.1) is 0 Å². The summed E-state index contributed by atoms with van der Waals surface area (Å²) in [6, 6.07) is -0.00122. The van der Waals surface area contributed by atoms with Crippen molar-refractivity contribution in [3.63, 3.8) is 0 Å². The number of carbonyl (C=O) groups excluding carboxylic acids is 2. The van der Waals surface area contributed by atoms with E-state index in [0.29, 0.717) is 12.8 Å². The Bertz CT molecular complexity index is 439. The molecule has 27 heavy (non-hydrogen) atoms. The fraction of sp³-hybridized carbons (Fsp3) is 0.833. The molecule has 0 spiro atoms. The molecule has 1 rings (SSSR count). The standard InChI is InChI=1S/C24H43NO2/c1-4-6-8-10-11-12-14-15-17-21(3)22(18-16-13-9-7-5-2)25-23(26)19-20-24(25)27/h17,22H,4-16,18-20H2,1-3H3/b21-17+. The number of hydrogen-bond donors (Lipinski definition) is 0. The second-order valence-corrected chi connectivity index (χ2v) is 8.23. The van der Waals surface area contributed by atoms with Crippen LogP contribution in [-0.4, -0.2) is 22.8 Å². The molecule has 3 heteroatoms. The summed E-state index contributed by atoms with van der Waals surface area (Å²) in [5.74, 6) is 0.0597. The Morgan fingerprint density at radius 1 is 0.815 bits per heavy atom. The van der Waals surface area contributed by atoms with Crippen molar-refractivity contribution in [2.75, 3.05) is 0 Å². The molecule has 1 fully saturated rings. The van der Waals surface area contributed by atoms with Crippen LogP contribution < -0.4 is 0 Å². The molecular weight excluding hydrogens is 334 g/mol. The first kappa shape index (κ1) is 23.9. The van der Waals surface area contributed by atoms with Gasteiger partial charge in [-0.1, -0.05) is 96.1 Å². The van der Waals surface area contributed by atoms with Gasteiger partial charge in [-0.15, -0.1) is 0 Å². The fourth-order valence-electron chi connectivity index (χ4n) is 4.01. The number of nitrogens with zero attached hydrogens (tertiary/aromatic N) is 1. The summed E-state index contributed by atoms with van der Waals surface area (Å²) in [6.45, 7) is 6.60. The molecule has 1 heterocycles. The van der Waals surface area contributed by atoms with E-state index < -0.39 is 0 Å². The number of likely N-dealkylation sites (tertiary alicyclic amines) is 1. The number of unbranched alkanes of at least 4 members (excludes halogenated alkanes) is 11. The van der Waals surface area contributed by atoms with Gasteiger partial charge in [-0.25, -0.2) is 0 Å². The summed E-state index contributed by atoms with van der Waals surface area (Å²) in [5.41, 5.74) is 1.22. The molecule has 1 aliphatic rings. The normalized spacial score (nSPS) is 16.4. The van der Waals surface area contributed by atoms with E-state index in [4.69, 9.17) is 0 Å². The first-order chi connectivity index (χ1) is 13.1. The lowest BCUT2D eigenvalue weighted by molar-refractivity contribution is -0.140. The van der Waals surface area contributed by atoms with E-state index in [1.807, 2.05) is 0 Å². The van der Waals surface area contributed by atoms with Crippen molar-refractivity contribution in [1.29, 1.82) is 0 Å². The van der Waals surface area contributed by atoms with Crippen molar-refractivity contribution in [3.8, 4) is 0 Å². The van der Waals surface area contributed by atoms with Crippen molar-refractivity contribution in [1.82, 2.24) is 4.90 Å². The minimum absolute atomic E-state index is 0.00122. The largest absolute Gasteiger partial charge is 0.275 e. The molecule has 1 atom stereocenters. The Hall–Kier alpha value is -1.12. The second-order valence-electron chi connectivity index (χ2n) is 8.23. The van der Waals surface area contributed by atoms with Gasteiger partial charge in [0.25, 0.3) is 0 Å². The Balaban J connectivity index is 2.47. The van der Waals surface area contributed by atoms with E-state index in [1.165, 1.54) is 76.2 Å². The average Bonchev–Trinajstić information content (AvgIpc) is 2.99. The monoisotopic (exact) mass is 377 g/mol. The van der Waals surface area contributed by atoms with Gasteiger partial charge >= 0.3 is 0 Å². The third-order valence-electron chi connectivity index (χ3n) is 5.78. The third kappa shape index (κ3) is 9.58. The van der Waals surface area contributed by atoms with E-state index in [2.05, 4.69) is 26.8 Å². The zero-order valence-electron chi connectivity index (χ0n) is 18.2. The predicted octanol–water partition coefficient (Wildman–Crippen LogP) is 6.95. The quantitative estimate of drug-likeness (QED) is 0.166. The van der Waals surface area contributed by atoms with Gasteiger partial charge in [0.1, 0.15) is 0 Å². The average molecular weight is 378 g/mol. The highest BCUT2D eigenvalue weighted by Crippen LogP contribution is 2.25. The molecule has 0 radical (unpaired) electrons. The van der Waals surface area contributed by atoms with Crippen molar-refractivity contribution in [3.05, 3.63) is 11.6 Å². The van der Waals surface area contributed by atoms with Crippen LogP contribution >= 0.6 is 0 Å². The minimum atomic E-state index is -0.00122. The number of hydrogen-bond acceptors (Lipinski definition) is 2. The van der Waals surface area contributed by atoms with Crippen LogP contribution in [0.2, 0.25) is 0 Å². The molecular formula is C24H43NO2. The van der Waals surface area contributed by atoms with Crippen LogP contribution in [0.1, 0.15) is 124 Å². The molecule has 0 aromatic carbocycles. The second kappa shape index (κ2) is 14.9. The number of rotatable bonds is 16. The SMILES string of the molecule is CCCCCCCCC/C=C(\C)C(CCCCCCC)N1C(=O)CCC1=O. The lowest BCUT2D eigenvalue weighted by atomic mass is 9.97. The smallest absolute Gasteiger partial charge is 0.230 e. The van der Waals surface area contributed by atoms with E-state index in [0.717, 1.165) is 19.3 Å². The Labute approximate surface area is 168 Å². The highest BCUT2D eigenvalue weighted by atomic mass is 16.2. The van der Waals surface area contributed by atoms with Crippen molar-refractivity contribution in [2.45, 2.75) is 130 Å². The molecule has 0 bridgehead atoms. The summed E-state index contributed by atoms with van der Waals surface area (Å²) in [7, 11) is 0. The third-order valence-corrected chi connectivity index (χ3v) is 5.78. The molecule has 2 amide bonds. The lowest BCUT2D eigenvalue weighted by Gasteiger charge is -2.27. The molecule has 1 saturated heterocycles. The van der Waals surface area contributed by atoms with Gasteiger partial charge in [-0.2, -0.15) is 0 Å². The number of allylic oxidation sites excluding steroid dienone is 1. The van der Waals surface area contributed by atoms with Gasteiger partial charge in [-0.3, -0.25) is 14.5 Å². The Kier molecular flexibility index (Phi) is 13.2. The van der Waals surface area contributed by atoms with E-state index in [-0.39, 0.29) is 17.9 Å². The van der Waals surface area contributed by atoms with E-state index in [9.17, 15) is 9.59 Å². The maximum atomic E-state index is 12.2. The Morgan fingerprint density at radius 3 is 1.85 bits per heavy atom. The topological polar surface area (TPSA) is 37.4 Å². The van der Waals surface area contributed by atoms with Crippen molar-refractivity contribution < 1.29 is 9.59 Å². The van der Waals surface area contributed by atoms with Crippen LogP contribution in [0.5, 0.6) is 0 Å². The van der Waals surface area contributed by atoms with Gasteiger partial charge in [0.05, 0.1) is 6.04 Å². The molecule has 0 aromatic rings. The molecule has 1 unspecified atom stereocenters. The summed E-state index contributed by atoms with van der Waals surface area (Å²) < 4.78 is 0. The van der Waals surface area contributed by atoms with Crippen molar-refractivity contribution in [2.24, 2.45) is 0 Å². The summed E-state index contributed by atoms with van der Waals surface area (Å²) in [5, 5.41) is 0. The van der Waals surface area contributed by atoms with E-state index >= 15 is 0 Å². The molecule has 1 aliphatic heterocycles. The molecule has 0 saturated carbocycles. The number of amides is 2. The molecule has 0 aliphatic carbocycles. The first-order valence-electron chi connectivity index (χ1n) is 11.6. The van der Waals surface area contributed by atoms with Gasteiger partial charge in [0.2, 0.25) is 11.8 Å². The summed E-state index contributed by atoms with van der Waals surface area (Å²) >= 11 is 0. The predicted molar refractivity (Wildman–Crippen MR) is 115 cm³/mol. The van der Waals surface area contributed by atoms with Gasteiger partial charge in [-0.05, 0) is 26.2 Å². The Morgan fingerprint density at radius 2 is 1.30 bits per heavy atom. The minimum Gasteiger partial charge on any atom is -0.275 e. The lowest BCUT2D eigenvalue weighted by Crippen LogP contribution is -2.40. The zero-order chi connectivity index (χ0) is 19.9. The molecule has 0 N–H and O–H groups in total. The highest BCUT2D eigenvalue weighted by molar-refractivity contribution is 6.02. The highest BCUT2D eigenvalue weighted by Gasteiger charge is 2.35. The van der Waals surface area contributed by atoms with Crippen LogP contribution in [0.4, 0.5) is 0 Å². The molecule has 156 valence electrons. The van der Waals surface area contributed by atoms with Crippen LogP contribution in [-0.2, 0) is 9.59 Å². The number of carbonyl (C=O) groups is 2. The van der Waals surface area contributed by atoms with Gasteiger partial charge in [0, 0.05) is 12.8 Å². The van der Waals surface area contributed by atoms with Crippen LogP contribution in [0.25, 0.3) is 0 Å². The zero-order valence-corrected chi connectivity index (χ0v) is 18.2. The maximum absolute atomic E-state index is 12.2. The first-order valence-corrected chi connectivity index (χ1v) is 11.6. The summed E-state index contributed by atoms with van der Waals surface area (Å²) in [4.78, 5) is 26.1. The van der Waals surface area contributed by atoms with Crippen LogP contribution in [0.3, 0.4) is 0 Å². The van der Waals surface area contributed by atoms with E-state index in [1.54, 1.807) is 4.90 Å². The summed E-state index contributed by atoms with van der Waals surface area (Å²) in [6.07, 6.45) is 20.4. The van der Waals surface area contributed by atoms with Crippen molar-refractivity contribution >= 4 is 11.8 Å². The van der Waals surface area contributed by atoms with Crippen LogP contribution in [0.15, 0.2) is 11.6 Å². The van der Waals surface area contributed by atoms with Gasteiger partial charge < -0.3 is 0 Å². The molecule has 0 aromatic heterocycles.